The first-order chi connectivity index (χ1) is 11.6. The molecule has 0 saturated carbocycles. The van der Waals surface area contributed by atoms with Crippen LogP contribution >= 0.6 is 11.6 Å². The molecule has 1 atom stereocenters. The number of carbonyl (C=O) groups excluding carboxylic acids is 1. The Bertz CT molecular complexity index is 682. The molecule has 0 aliphatic carbocycles. The van der Waals surface area contributed by atoms with E-state index in [0.717, 1.165) is 25.0 Å². The minimum absolute atomic E-state index is 0.0571. The van der Waals surface area contributed by atoms with Crippen LogP contribution in [0.5, 0.6) is 0 Å². The fraction of sp³-hybridized carbons (Fsp3) is 0.316. The highest BCUT2D eigenvalue weighted by molar-refractivity contribution is 6.30. The number of nitrogens with zero attached hydrogens (tertiary/aromatic N) is 1. The van der Waals surface area contributed by atoms with E-state index in [0.29, 0.717) is 23.7 Å². The summed E-state index contributed by atoms with van der Waals surface area (Å²) in [5.41, 5.74) is 1.47. The van der Waals surface area contributed by atoms with Crippen molar-refractivity contribution in [2.45, 2.75) is 25.5 Å². The third-order valence-corrected chi connectivity index (χ3v) is 4.37. The standard InChI is InChI=1S/C19H19ClFNO2/c20-16-7-5-15(6-8-16)19(23)22(13-18-2-1-11-24-18)12-14-3-9-17(21)10-4-14/h3-10,18H,1-2,11-13H2. The molecule has 1 saturated heterocycles. The molecule has 126 valence electrons. The summed E-state index contributed by atoms with van der Waals surface area (Å²) in [5, 5.41) is 0.593. The summed E-state index contributed by atoms with van der Waals surface area (Å²) in [4.78, 5) is 14.6. The Morgan fingerprint density at radius 2 is 1.88 bits per heavy atom. The van der Waals surface area contributed by atoms with E-state index in [1.165, 1.54) is 12.1 Å². The predicted octanol–water partition coefficient (Wildman–Crippen LogP) is 4.30. The van der Waals surface area contributed by atoms with Crippen LogP contribution in [0.4, 0.5) is 4.39 Å². The van der Waals surface area contributed by atoms with E-state index in [9.17, 15) is 9.18 Å². The second kappa shape index (κ2) is 7.77. The Kier molecular flexibility index (Phi) is 5.48. The Hall–Kier alpha value is -1.91. The van der Waals surface area contributed by atoms with Crippen LogP contribution in [0.1, 0.15) is 28.8 Å². The Balaban J connectivity index is 1.78. The van der Waals surface area contributed by atoms with Crippen molar-refractivity contribution in [3.8, 4) is 0 Å². The fourth-order valence-corrected chi connectivity index (χ4v) is 2.96. The Morgan fingerprint density at radius 3 is 2.50 bits per heavy atom. The first kappa shape index (κ1) is 16.9. The Morgan fingerprint density at radius 1 is 1.17 bits per heavy atom. The van der Waals surface area contributed by atoms with Crippen molar-refractivity contribution in [1.82, 2.24) is 4.90 Å². The second-order valence-corrected chi connectivity index (χ2v) is 6.39. The number of rotatable bonds is 5. The molecule has 24 heavy (non-hydrogen) atoms. The smallest absolute Gasteiger partial charge is 0.254 e. The molecule has 0 spiro atoms. The average Bonchev–Trinajstić information content (AvgIpc) is 3.09. The van der Waals surface area contributed by atoms with Crippen LogP contribution in [0.25, 0.3) is 0 Å². The molecule has 1 aliphatic heterocycles. The summed E-state index contributed by atoms with van der Waals surface area (Å²) in [6.07, 6.45) is 2.03. The zero-order valence-corrected chi connectivity index (χ0v) is 14.0. The maximum absolute atomic E-state index is 13.1. The average molecular weight is 348 g/mol. The number of hydrogen-bond donors (Lipinski definition) is 0. The topological polar surface area (TPSA) is 29.5 Å². The van der Waals surface area contributed by atoms with E-state index in [1.54, 1.807) is 41.3 Å². The van der Waals surface area contributed by atoms with Crippen LogP contribution in [0.15, 0.2) is 48.5 Å². The largest absolute Gasteiger partial charge is 0.376 e. The molecule has 0 radical (unpaired) electrons. The van der Waals surface area contributed by atoms with Gasteiger partial charge in [-0.15, -0.1) is 0 Å². The van der Waals surface area contributed by atoms with Crippen molar-refractivity contribution in [3.63, 3.8) is 0 Å². The molecule has 1 aliphatic rings. The fourth-order valence-electron chi connectivity index (χ4n) is 2.84. The molecule has 1 unspecified atom stereocenters. The monoisotopic (exact) mass is 347 g/mol. The molecule has 0 bridgehead atoms. The molecular formula is C19H19ClFNO2. The van der Waals surface area contributed by atoms with E-state index >= 15 is 0 Å². The molecule has 3 rings (SSSR count). The number of benzene rings is 2. The SMILES string of the molecule is O=C(c1ccc(Cl)cc1)N(Cc1ccc(F)cc1)CC1CCCO1. The van der Waals surface area contributed by atoms with Crippen LogP contribution in [-0.4, -0.2) is 30.1 Å². The van der Waals surface area contributed by atoms with Gasteiger partial charge in [0, 0.05) is 30.3 Å². The van der Waals surface area contributed by atoms with Gasteiger partial charge in [-0.25, -0.2) is 4.39 Å². The van der Waals surface area contributed by atoms with Crippen LogP contribution in [0.2, 0.25) is 5.02 Å². The summed E-state index contributed by atoms with van der Waals surface area (Å²) in [7, 11) is 0. The van der Waals surface area contributed by atoms with Crippen molar-refractivity contribution < 1.29 is 13.9 Å². The van der Waals surface area contributed by atoms with Crippen LogP contribution in [-0.2, 0) is 11.3 Å². The van der Waals surface area contributed by atoms with Crippen molar-refractivity contribution in [2.75, 3.05) is 13.2 Å². The highest BCUT2D eigenvalue weighted by Crippen LogP contribution is 2.18. The quantitative estimate of drug-likeness (QED) is 0.807. The molecule has 2 aromatic carbocycles. The lowest BCUT2D eigenvalue weighted by Crippen LogP contribution is -2.37. The van der Waals surface area contributed by atoms with Gasteiger partial charge in [0.15, 0.2) is 0 Å². The van der Waals surface area contributed by atoms with Gasteiger partial charge in [0.25, 0.3) is 5.91 Å². The molecule has 3 nitrogen and oxygen atoms in total. The van der Waals surface area contributed by atoms with E-state index in [2.05, 4.69) is 0 Å². The van der Waals surface area contributed by atoms with Crippen molar-refractivity contribution in [1.29, 1.82) is 0 Å². The molecule has 2 aromatic rings. The zero-order chi connectivity index (χ0) is 16.9. The Labute approximate surface area is 146 Å². The van der Waals surface area contributed by atoms with E-state index in [-0.39, 0.29) is 17.8 Å². The lowest BCUT2D eigenvalue weighted by atomic mass is 10.1. The zero-order valence-electron chi connectivity index (χ0n) is 13.3. The highest BCUT2D eigenvalue weighted by Gasteiger charge is 2.23. The second-order valence-electron chi connectivity index (χ2n) is 5.95. The summed E-state index contributed by atoms with van der Waals surface area (Å²) < 4.78 is 18.8. The van der Waals surface area contributed by atoms with Gasteiger partial charge in [-0.3, -0.25) is 4.79 Å². The van der Waals surface area contributed by atoms with Gasteiger partial charge in [0.1, 0.15) is 5.82 Å². The van der Waals surface area contributed by atoms with Gasteiger partial charge >= 0.3 is 0 Å². The van der Waals surface area contributed by atoms with Crippen molar-refractivity contribution >= 4 is 17.5 Å². The van der Waals surface area contributed by atoms with Crippen molar-refractivity contribution in [3.05, 3.63) is 70.5 Å². The van der Waals surface area contributed by atoms with E-state index in [1.807, 2.05) is 0 Å². The molecule has 1 heterocycles. The van der Waals surface area contributed by atoms with Gasteiger partial charge in [-0.05, 0) is 54.8 Å². The highest BCUT2D eigenvalue weighted by atomic mass is 35.5. The van der Waals surface area contributed by atoms with Crippen LogP contribution in [0, 0.1) is 5.82 Å². The van der Waals surface area contributed by atoms with Gasteiger partial charge in [0.05, 0.1) is 6.10 Å². The lowest BCUT2D eigenvalue weighted by molar-refractivity contribution is 0.0507. The van der Waals surface area contributed by atoms with Gasteiger partial charge in [-0.2, -0.15) is 0 Å². The van der Waals surface area contributed by atoms with Crippen molar-refractivity contribution in [2.24, 2.45) is 0 Å². The predicted molar refractivity (Wildman–Crippen MR) is 91.6 cm³/mol. The minimum atomic E-state index is -0.284. The molecular weight excluding hydrogens is 329 g/mol. The third-order valence-electron chi connectivity index (χ3n) is 4.11. The molecule has 0 N–H and O–H groups in total. The molecule has 1 amide bonds. The van der Waals surface area contributed by atoms with Gasteiger partial charge in [0.2, 0.25) is 0 Å². The number of hydrogen-bond acceptors (Lipinski definition) is 2. The van der Waals surface area contributed by atoms with E-state index in [4.69, 9.17) is 16.3 Å². The number of carbonyl (C=O) groups is 1. The van der Waals surface area contributed by atoms with Gasteiger partial charge < -0.3 is 9.64 Å². The minimum Gasteiger partial charge on any atom is -0.376 e. The third kappa shape index (κ3) is 4.34. The molecule has 0 aromatic heterocycles. The van der Waals surface area contributed by atoms with Gasteiger partial charge in [-0.1, -0.05) is 23.7 Å². The summed E-state index contributed by atoms with van der Waals surface area (Å²) in [6.45, 7) is 1.69. The maximum Gasteiger partial charge on any atom is 0.254 e. The summed E-state index contributed by atoms with van der Waals surface area (Å²) in [6, 6.07) is 13.1. The lowest BCUT2D eigenvalue weighted by Gasteiger charge is -2.26. The normalized spacial score (nSPS) is 17.0. The number of halogens is 2. The first-order valence-corrected chi connectivity index (χ1v) is 8.40. The maximum atomic E-state index is 13.1. The van der Waals surface area contributed by atoms with Crippen LogP contribution < -0.4 is 0 Å². The number of ether oxygens (including phenoxy) is 1. The molecule has 1 fully saturated rings. The molecule has 5 heteroatoms. The first-order valence-electron chi connectivity index (χ1n) is 8.03. The summed E-state index contributed by atoms with van der Waals surface area (Å²) in [5.74, 6) is -0.361. The van der Waals surface area contributed by atoms with E-state index < -0.39 is 0 Å². The number of amides is 1. The summed E-state index contributed by atoms with van der Waals surface area (Å²) >= 11 is 5.90. The van der Waals surface area contributed by atoms with Crippen LogP contribution in [0.3, 0.4) is 0 Å².